The maximum Gasteiger partial charge on any atom is 0.343 e. The van der Waals surface area contributed by atoms with Crippen LogP contribution in [0.2, 0.25) is 0 Å². The molecule has 3 aromatic rings. The Kier molecular flexibility index (Phi) is 10.7. The van der Waals surface area contributed by atoms with E-state index in [-0.39, 0.29) is 41.4 Å². The van der Waals surface area contributed by atoms with E-state index in [9.17, 15) is 24.5 Å². The molecular weight excluding hydrogens is 536 g/mol. The number of nitro benzene ring substituents is 1. The number of non-ortho nitro benzene ring substituents is 1. The minimum absolute atomic E-state index is 0.0996. The van der Waals surface area contributed by atoms with Crippen LogP contribution in [0.1, 0.15) is 39.1 Å². The van der Waals surface area contributed by atoms with Crippen molar-refractivity contribution in [1.29, 1.82) is 0 Å². The second-order valence-corrected chi connectivity index (χ2v) is 8.33. The molecule has 13 heteroatoms. The average molecular weight is 565 g/mol. The SMILES string of the molecule is COc1cc(C(=O)Oc2ccc(C=NNC(=O)CCCNC(=O)c3cccc([N+](=O)[O-])c3)cc2)cc(OC)c1OC. The molecule has 0 saturated carbocycles. The van der Waals surface area contributed by atoms with Crippen LogP contribution in [0.5, 0.6) is 23.0 Å². The molecule has 13 nitrogen and oxygen atoms in total. The van der Waals surface area contributed by atoms with Crippen molar-refractivity contribution >= 4 is 29.7 Å². The molecule has 0 unspecified atom stereocenters. The lowest BCUT2D eigenvalue weighted by atomic mass is 10.2. The zero-order valence-corrected chi connectivity index (χ0v) is 22.5. The molecule has 214 valence electrons. The number of carbonyl (C=O) groups is 3. The molecule has 41 heavy (non-hydrogen) atoms. The summed E-state index contributed by atoms with van der Waals surface area (Å²) in [5.41, 5.74) is 3.22. The van der Waals surface area contributed by atoms with Gasteiger partial charge in [-0.1, -0.05) is 6.07 Å². The van der Waals surface area contributed by atoms with E-state index in [1.807, 2.05) is 0 Å². The predicted octanol–water partition coefficient (Wildman–Crippen LogP) is 3.50. The number of amides is 2. The van der Waals surface area contributed by atoms with Crippen LogP contribution in [0.3, 0.4) is 0 Å². The Balaban J connectivity index is 1.44. The van der Waals surface area contributed by atoms with Crippen molar-refractivity contribution in [3.05, 3.63) is 87.5 Å². The van der Waals surface area contributed by atoms with E-state index in [1.54, 1.807) is 24.3 Å². The van der Waals surface area contributed by atoms with Gasteiger partial charge in [0.1, 0.15) is 5.75 Å². The molecule has 0 aliphatic heterocycles. The van der Waals surface area contributed by atoms with E-state index in [1.165, 1.54) is 63.9 Å². The Morgan fingerprint density at radius 1 is 0.927 bits per heavy atom. The normalized spacial score (nSPS) is 10.5. The monoisotopic (exact) mass is 564 g/mol. The van der Waals surface area contributed by atoms with Gasteiger partial charge in [-0.2, -0.15) is 5.10 Å². The fourth-order valence-electron chi connectivity index (χ4n) is 3.54. The average Bonchev–Trinajstić information content (AvgIpc) is 2.99. The highest BCUT2D eigenvalue weighted by Gasteiger charge is 2.18. The van der Waals surface area contributed by atoms with Gasteiger partial charge >= 0.3 is 5.97 Å². The maximum absolute atomic E-state index is 12.6. The summed E-state index contributed by atoms with van der Waals surface area (Å²) >= 11 is 0. The van der Waals surface area contributed by atoms with Crippen LogP contribution in [0, 0.1) is 10.1 Å². The van der Waals surface area contributed by atoms with Gasteiger partial charge in [0.25, 0.3) is 11.6 Å². The van der Waals surface area contributed by atoms with Crippen molar-refractivity contribution in [2.24, 2.45) is 5.10 Å². The number of hydrazone groups is 1. The van der Waals surface area contributed by atoms with Crippen LogP contribution in [-0.2, 0) is 4.79 Å². The molecule has 0 saturated heterocycles. The van der Waals surface area contributed by atoms with Gasteiger partial charge in [-0.3, -0.25) is 19.7 Å². The molecule has 0 heterocycles. The third-order valence-corrected chi connectivity index (χ3v) is 5.58. The van der Waals surface area contributed by atoms with Gasteiger partial charge in [0.15, 0.2) is 11.5 Å². The minimum atomic E-state index is -0.626. The first kappa shape index (κ1) is 30.1. The summed E-state index contributed by atoms with van der Waals surface area (Å²) in [6, 6.07) is 14.8. The lowest BCUT2D eigenvalue weighted by Gasteiger charge is -2.13. The first-order valence-electron chi connectivity index (χ1n) is 12.2. The molecule has 0 fully saturated rings. The number of nitrogens with one attached hydrogen (secondary N) is 2. The van der Waals surface area contributed by atoms with Crippen LogP contribution < -0.4 is 29.7 Å². The lowest BCUT2D eigenvalue weighted by molar-refractivity contribution is -0.384. The highest BCUT2D eigenvalue weighted by atomic mass is 16.6. The van der Waals surface area contributed by atoms with Gasteiger partial charge in [0.05, 0.1) is 38.0 Å². The summed E-state index contributed by atoms with van der Waals surface area (Å²) < 4.78 is 21.2. The number of nitro groups is 1. The Labute approximate surface area is 235 Å². The van der Waals surface area contributed by atoms with E-state index in [0.29, 0.717) is 29.2 Å². The lowest BCUT2D eigenvalue weighted by Crippen LogP contribution is -2.26. The van der Waals surface area contributed by atoms with Gasteiger partial charge < -0.3 is 24.3 Å². The number of nitrogens with zero attached hydrogens (tertiary/aromatic N) is 2. The molecule has 0 radical (unpaired) electrons. The molecule has 0 spiro atoms. The highest BCUT2D eigenvalue weighted by Crippen LogP contribution is 2.38. The van der Waals surface area contributed by atoms with Crippen molar-refractivity contribution in [2.45, 2.75) is 12.8 Å². The maximum atomic E-state index is 12.6. The third-order valence-electron chi connectivity index (χ3n) is 5.58. The summed E-state index contributed by atoms with van der Waals surface area (Å²) in [5.74, 6) is -0.176. The fourth-order valence-corrected chi connectivity index (χ4v) is 3.54. The van der Waals surface area contributed by atoms with E-state index in [2.05, 4.69) is 15.8 Å². The third kappa shape index (κ3) is 8.51. The molecule has 3 rings (SSSR count). The summed E-state index contributed by atoms with van der Waals surface area (Å²) in [5, 5.41) is 17.3. The summed E-state index contributed by atoms with van der Waals surface area (Å²) in [7, 11) is 4.35. The summed E-state index contributed by atoms with van der Waals surface area (Å²) in [4.78, 5) is 47.0. The molecule has 0 bridgehead atoms. The second-order valence-electron chi connectivity index (χ2n) is 8.33. The molecular formula is C28H28N4O9. The smallest absolute Gasteiger partial charge is 0.343 e. The Hall–Kier alpha value is -5.46. The fraction of sp³-hybridized carbons (Fsp3) is 0.214. The number of hydrogen-bond acceptors (Lipinski definition) is 10. The van der Waals surface area contributed by atoms with Gasteiger partial charge in [-0.05, 0) is 54.4 Å². The van der Waals surface area contributed by atoms with Crippen molar-refractivity contribution in [2.75, 3.05) is 27.9 Å². The first-order valence-corrected chi connectivity index (χ1v) is 12.2. The summed E-state index contributed by atoms with van der Waals surface area (Å²) in [6.45, 7) is 0.203. The van der Waals surface area contributed by atoms with Crippen LogP contribution in [0.25, 0.3) is 0 Å². The van der Waals surface area contributed by atoms with E-state index in [4.69, 9.17) is 18.9 Å². The van der Waals surface area contributed by atoms with Crippen LogP contribution in [0.15, 0.2) is 65.8 Å². The largest absolute Gasteiger partial charge is 0.493 e. The van der Waals surface area contributed by atoms with Gasteiger partial charge in [0.2, 0.25) is 11.7 Å². The zero-order chi connectivity index (χ0) is 29.8. The molecule has 0 atom stereocenters. The number of carbonyl (C=O) groups excluding carboxylic acids is 3. The van der Waals surface area contributed by atoms with Crippen LogP contribution >= 0.6 is 0 Å². The van der Waals surface area contributed by atoms with Crippen molar-refractivity contribution in [3.8, 4) is 23.0 Å². The molecule has 3 aromatic carbocycles. The minimum Gasteiger partial charge on any atom is -0.493 e. The van der Waals surface area contributed by atoms with Gasteiger partial charge in [0, 0.05) is 30.7 Å². The van der Waals surface area contributed by atoms with Gasteiger partial charge in [-0.25, -0.2) is 10.2 Å². The molecule has 2 N–H and O–H groups in total. The highest BCUT2D eigenvalue weighted by molar-refractivity contribution is 5.95. The molecule has 0 aromatic heterocycles. The molecule has 0 aliphatic carbocycles. The topological polar surface area (TPSA) is 168 Å². The van der Waals surface area contributed by atoms with Crippen molar-refractivity contribution in [1.82, 2.24) is 10.7 Å². The number of hydrogen-bond donors (Lipinski definition) is 2. The summed E-state index contributed by atoms with van der Waals surface area (Å²) in [6.07, 6.45) is 1.86. The number of benzene rings is 3. The first-order chi connectivity index (χ1) is 19.7. The Morgan fingerprint density at radius 3 is 2.22 bits per heavy atom. The van der Waals surface area contributed by atoms with E-state index in [0.717, 1.165) is 0 Å². The van der Waals surface area contributed by atoms with Crippen LogP contribution in [0.4, 0.5) is 5.69 Å². The van der Waals surface area contributed by atoms with Crippen molar-refractivity contribution < 1.29 is 38.3 Å². The Bertz CT molecular complexity index is 1410. The van der Waals surface area contributed by atoms with Crippen LogP contribution in [-0.4, -0.2) is 56.8 Å². The molecule has 2 amide bonds. The quantitative estimate of drug-likeness (QED) is 0.0788. The van der Waals surface area contributed by atoms with E-state index >= 15 is 0 Å². The van der Waals surface area contributed by atoms with Gasteiger partial charge in [-0.15, -0.1) is 0 Å². The number of rotatable bonds is 13. The number of methoxy groups -OCH3 is 3. The number of ether oxygens (including phenoxy) is 4. The van der Waals surface area contributed by atoms with E-state index < -0.39 is 16.8 Å². The zero-order valence-electron chi connectivity index (χ0n) is 22.5. The number of esters is 1. The second kappa shape index (κ2) is 14.6. The predicted molar refractivity (Wildman–Crippen MR) is 148 cm³/mol. The Morgan fingerprint density at radius 2 is 1.61 bits per heavy atom. The standard InChI is InChI=1S/C28H28N4O9/c1-38-23-15-20(16-24(39-2)26(23)40-3)28(35)41-22-11-9-18(10-12-22)17-30-31-25(33)8-5-13-29-27(34)19-6-4-7-21(14-19)32(36)37/h4,6-7,9-12,14-17H,5,8,13H2,1-3H3,(H,29,34)(H,31,33). The molecule has 0 aliphatic rings. The van der Waals surface area contributed by atoms with Crippen molar-refractivity contribution in [3.63, 3.8) is 0 Å².